The molecule has 0 saturated heterocycles. The highest BCUT2D eigenvalue weighted by Gasteiger charge is 2.11. The highest BCUT2D eigenvalue weighted by Crippen LogP contribution is 2.31. The lowest BCUT2D eigenvalue weighted by Crippen LogP contribution is -1.96. The molecule has 0 aliphatic carbocycles. The predicted octanol–water partition coefficient (Wildman–Crippen LogP) is 3.12. The van der Waals surface area contributed by atoms with Gasteiger partial charge in [0.2, 0.25) is 0 Å². The van der Waals surface area contributed by atoms with Crippen molar-refractivity contribution in [2.24, 2.45) is 0 Å². The summed E-state index contributed by atoms with van der Waals surface area (Å²) in [5, 5.41) is 10.5. The van der Waals surface area contributed by atoms with Gasteiger partial charge >= 0.3 is 0 Å². The van der Waals surface area contributed by atoms with E-state index >= 15 is 0 Å². The van der Waals surface area contributed by atoms with Gasteiger partial charge in [-0.15, -0.1) is 0 Å². The number of rotatable bonds is 2. The molecule has 2 aromatic rings. The Labute approximate surface area is 111 Å². The van der Waals surface area contributed by atoms with Crippen molar-refractivity contribution in [1.29, 1.82) is 0 Å². The fraction of sp³-hybridized carbons (Fsp3) is 0.0769. The van der Waals surface area contributed by atoms with Crippen molar-refractivity contribution in [2.45, 2.75) is 4.90 Å². The van der Waals surface area contributed by atoms with E-state index < -0.39 is 9.84 Å². The monoisotopic (exact) mass is 282 g/mol. The minimum atomic E-state index is -3.31. The van der Waals surface area contributed by atoms with Gasteiger partial charge in [-0.3, -0.25) is 0 Å². The first-order valence-electron chi connectivity index (χ1n) is 5.17. The Bertz CT molecular complexity index is 676. The summed E-state index contributed by atoms with van der Waals surface area (Å²) in [7, 11) is -3.31. The third kappa shape index (κ3) is 2.66. The average molecular weight is 283 g/mol. The van der Waals surface area contributed by atoms with Gasteiger partial charge in [-0.25, -0.2) is 8.42 Å². The number of hydrogen-bond acceptors (Lipinski definition) is 3. The van der Waals surface area contributed by atoms with Crippen LogP contribution in [0.3, 0.4) is 0 Å². The van der Waals surface area contributed by atoms with Crippen LogP contribution in [0.1, 0.15) is 0 Å². The largest absolute Gasteiger partial charge is 0.507 e. The molecule has 0 aromatic heterocycles. The molecule has 0 heterocycles. The van der Waals surface area contributed by atoms with Crippen molar-refractivity contribution in [1.82, 2.24) is 0 Å². The zero-order chi connectivity index (χ0) is 13.3. The van der Waals surface area contributed by atoms with E-state index in [1.807, 2.05) is 0 Å². The maximum Gasteiger partial charge on any atom is 0.175 e. The van der Waals surface area contributed by atoms with Crippen LogP contribution in [0.4, 0.5) is 0 Å². The Kier molecular flexibility index (Phi) is 3.32. The van der Waals surface area contributed by atoms with Crippen LogP contribution in [-0.4, -0.2) is 19.8 Å². The maximum absolute atomic E-state index is 11.3. The Morgan fingerprint density at radius 1 is 1.06 bits per heavy atom. The van der Waals surface area contributed by atoms with Crippen molar-refractivity contribution in [3.63, 3.8) is 0 Å². The number of hydrogen-bond donors (Lipinski definition) is 1. The fourth-order valence-corrected chi connectivity index (χ4v) is 2.38. The summed E-state index contributed by atoms with van der Waals surface area (Å²) in [4.78, 5) is 0.0951. The van der Waals surface area contributed by atoms with Crippen molar-refractivity contribution in [3.8, 4) is 16.9 Å². The van der Waals surface area contributed by atoms with Crippen molar-refractivity contribution in [3.05, 3.63) is 47.5 Å². The molecule has 0 fully saturated rings. The summed E-state index contributed by atoms with van der Waals surface area (Å²) in [6, 6.07) is 11.2. The van der Waals surface area contributed by atoms with Gasteiger partial charge in [-0.05, 0) is 35.9 Å². The van der Waals surface area contributed by atoms with Crippen molar-refractivity contribution >= 4 is 21.4 Å². The molecule has 0 saturated carbocycles. The van der Waals surface area contributed by atoms with E-state index in [9.17, 15) is 13.5 Å². The molecule has 0 bridgehead atoms. The van der Waals surface area contributed by atoms with Crippen LogP contribution < -0.4 is 0 Å². The molecule has 0 atom stereocenters. The average Bonchev–Trinajstić information content (AvgIpc) is 2.29. The van der Waals surface area contributed by atoms with Gasteiger partial charge in [0.25, 0.3) is 0 Å². The molecule has 94 valence electrons. The van der Waals surface area contributed by atoms with Crippen LogP contribution in [0.15, 0.2) is 47.4 Å². The zero-order valence-electron chi connectivity index (χ0n) is 9.59. The van der Waals surface area contributed by atoms with Crippen LogP contribution in [0.2, 0.25) is 5.02 Å². The number of aromatic hydroxyl groups is 1. The molecule has 0 unspecified atom stereocenters. The summed E-state index contributed by atoms with van der Waals surface area (Å²) in [6.45, 7) is 0. The van der Waals surface area contributed by atoms with E-state index in [1.165, 1.54) is 12.1 Å². The Balaban J connectivity index is 2.51. The van der Waals surface area contributed by atoms with Crippen LogP contribution in [-0.2, 0) is 9.84 Å². The van der Waals surface area contributed by atoms with Gasteiger partial charge in [0.1, 0.15) is 5.75 Å². The van der Waals surface area contributed by atoms with E-state index in [0.29, 0.717) is 10.6 Å². The lowest BCUT2D eigenvalue weighted by atomic mass is 10.1. The Morgan fingerprint density at radius 2 is 1.67 bits per heavy atom. The molecule has 2 rings (SSSR count). The predicted molar refractivity (Wildman–Crippen MR) is 71.7 cm³/mol. The van der Waals surface area contributed by atoms with E-state index in [2.05, 4.69) is 0 Å². The summed E-state index contributed by atoms with van der Waals surface area (Å²) < 4.78 is 22.7. The zero-order valence-corrected chi connectivity index (χ0v) is 11.2. The van der Waals surface area contributed by atoms with Crippen LogP contribution in [0, 0.1) is 0 Å². The molecule has 5 heteroatoms. The molecular formula is C13H11ClO3S. The molecule has 0 aliphatic rings. The highest BCUT2D eigenvalue weighted by molar-refractivity contribution is 7.90. The van der Waals surface area contributed by atoms with E-state index in [4.69, 9.17) is 11.6 Å². The molecule has 18 heavy (non-hydrogen) atoms. The molecule has 1 N–H and O–H groups in total. The second-order valence-electron chi connectivity index (χ2n) is 3.96. The standard InChI is InChI=1S/C13H11ClO3S/c1-18(16,17)11-6-7-12(13(15)8-11)9-2-4-10(14)5-3-9/h2-8,15H,1H3. The second-order valence-corrected chi connectivity index (χ2v) is 6.41. The van der Waals surface area contributed by atoms with E-state index in [-0.39, 0.29) is 10.6 Å². The number of sulfone groups is 1. The highest BCUT2D eigenvalue weighted by atomic mass is 35.5. The summed E-state index contributed by atoms with van der Waals surface area (Å²) in [5.41, 5.74) is 1.34. The normalized spacial score (nSPS) is 11.4. The lowest BCUT2D eigenvalue weighted by Gasteiger charge is -2.06. The second kappa shape index (κ2) is 4.63. The smallest absolute Gasteiger partial charge is 0.175 e. The SMILES string of the molecule is CS(=O)(=O)c1ccc(-c2ccc(Cl)cc2)c(O)c1. The van der Waals surface area contributed by atoms with Crippen LogP contribution >= 0.6 is 11.6 Å². The molecular weight excluding hydrogens is 272 g/mol. The van der Waals surface area contributed by atoms with Crippen molar-refractivity contribution in [2.75, 3.05) is 6.26 Å². The van der Waals surface area contributed by atoms with Gasteiger partial charge in [0, 0.05) is 16.8 Å². The number of halogens is 1. The topological polar surface area (TPSA) is 54.4 Å². The molecule has 0 aliphatic heterocycles. The Morgan fingerprint density at radius 3 is 2.17 bits per heavy atom. The number of benzene rings is 2. The number of phenolic OH excluding ortho intramolecular Hbond substituents is 1. The van der Waals surface area contributed by atoms with Gasteiger partial charge in [-0.1, -0.05) is 23.7 Å². The minimum absolute atomic E-state index is 0.0692. The van der Waals surface area contributed by atoms with Crippen LogP contribution in [0.5, 0.6) is 5.75 Å². The lowest BCUT2D eigenvalue weighted by molar-refractivity contribution is 0.475. The van der Waals surface area contributed by atoms with Crippen molar-refractivity contribution < 1.29 is 13.5 Å². The number of phenols is 1. The third-order valence-electron chi connectivity index (χ3n) is 2.55. The first-order valence-corrected chi connectivity index (χ1v) is 7.44. The summed E-state index contributed by atoms with van der Waals surface area (Å²) in [5.74, 6) is -0.0692. The Hall–Kier alpha value is -1.52. The van der Waals surface area contributed by atoms with E-state index in [0.717, 1.165) is 11.8 Å². The molecule has 2 aromatic carbocycles. The first kappa shape index (κ1) is 12.9. The third-order valence-corrected chi connectivity index (χ3v) is 3.91. The summed E-state index contributed by atoms with van der Waals surface area (Å²) >= 11 is 5.78. The van der Waals surface area contributed by atoms with Gasteiger partial charge in [-0.2, -0.15) is 0 Å². The maximum atomic E-state index is 11.3. The van der Waals surface area contributed by atoms with Crippen LogP contribution in [0.25, 0.3) is 11.1 Å². The molecule has 0 radical (unpaired) electrons. The first-order chi connectivity index (χ1) is 8.38. The molecule has 3 nitrogen and oxygen atoms in total. The quantitative estimate of drug-likeness (QED) is 0.921. The van der Waals surface area contributed by atoms with Gasteiger partial charge in [0.05, 0.1) is 4.90 Å². The summed E-state index contributed by atoms with van der Waals surface area (Å²) in [6.07, 6.45) is 1.10. The molecule has 0 amide bonds. The fourth-order valence-electron chi connectivity index (χ4n) is 1.62. The van der Waals surface area contributed by atoms with Gasteiger partial charge in [0.15, 0.2) is 9.84 Å². The van der Waals surface area contributed by atoms with Gasteiger partial charge < -0.3 is 5.11 Å². The molecule has 0 spiro atoms. The minimum Gasteiger partial charge on any atom is -0.507 e. The van der Waals surface area contributed by atoms with E-state index in [1.54, 1.807) is 30.3 Å².